The zero-order chi connectivity index (χ0) is 13.4. The summed E-state index contributed by atoms with van der Waals surface area (Å²) >= 11 is 1.28. The summed E-state index contributed by atoms with van der Waals surface area (Å²) in [5.41, 5.74) is 3.24. The zero-order valence-corrected chi connectivity index (χ0v) is 11.3. The normalized spacial score (nSPS) is 11.0. The van der Waals surface area contributed by atoms with E-state index in [0.29, 0.717) is 11.4 Å². The largest absolute Gasteiger partial charge is 0.477 e. The van der Waals surface area contributed by atoms with E-state index in [2.05, 4.69) is 29.7 Å². The highest BCUT2D eigenvalue weighted by atomic mass is 32.1. The number of aryl methyl sites for hydroxylation is 1. The number of fused-ring (bicyclic) bond motifs is 1. The van der Waals surface area contributed by atoms with E-state index in [1.807, 2.05) is 23.7 Å². The van der Waals surface area contributed by atoms with Gasteiger partial charge in [-0.1, -0.05) is 12.1 Å². The number of carbonyl (C=O) groups is 1. The SMILES string of the molecule is Cc1cccc2c1ccn2Cc1ccsc1C(=O)O. The van der Waals surface area contributed by atoms with Crippen LogP contribution in [0.3, 0.4) is 0 Å². The Bertz CT molecular complexity index is 754. The van der Waals surface area contributed by atoms with Gasteiger partial charge < -0.3 is 9.67 Å². The van der Waals surface area contributed by atoms with E-state index in [1.165, 1.54) is 22.3 Å². The van der Waals surface area contributed by atoms with Gasteiger partial charge in [-0.2, -0.15) is 0 Å². The Morgan fingerprint density at radius 1 is 1.32 bits per heavy atom. The predicted octanol–water partition coefficient (Wildman–Crippen LogP) is 3.76. The van der Waals surface area contributed by atoms with Gasteiger partial charge in [0, 0.05) is 23.6 Å². The molecular formula is C15H13NO2S. The van der Waals surface area contributed by atoms with Crippen molar-refractivity contribution in [3.8, 4) is 0 Å². The lowest BCUT2D eigenvalue weighted by Crippen LogP contribution is -2.03. The molecule has 3 nitrogen and oxygen atoms in total. The standard InChI is InChI=1S/C15H13NO2S/c1-10-3-2-4-13-12(10)5-7-16(13)9-11-6-8-19-14(11)15(17)18/h2-8H,9H2,1H3,(H,17,18). The molecule has 1 N–H and O–H groups in total. The summed E-state index contributed by atoms with van der Waals surface area (Å²) in [4.78, 5) is 11.6. The van der Waals surface area contributed by atoms with Crippen molar-refractivity contribution in [3.63, 3.8) is 0 Å². The molecule has 0 aliphatic rings. The minimum absolute atomic E-state index is 0.425. The number of aromatic carboxylic acids is 1. The van der Waals surface area contributed by atoms with Gasteiger partial charge in [0.2, 0.25) is 0 Å². The van der Waals surface area contributed by atoms with Gasteiger partial charge in [0.25, 0.3) is 0 Å². The molecule has 19 heavy (non-hydrogen) atoms. The molecule has 0 aliphatic carbocycles. The second kappa shape index (κ2) is 4.55. The summed E-state index contributed by atoms with van der Waals surface area (Å²) in [6.07, 6.45) is 2.01. The second-order valence-corrected chi connectivity index (χ2v) is 5.45. The van der Waals surface area contributed by atoms with Crippen LogP contribution in [0, 0.1) is 6.92 Å². The Balaban J connectivity index is 2.04. The number of hydrogen-bond donors (Lipinski definition) is 1. The number of hydrogen-bond acceptors (Lipinski definition) is 2. The second-order valence-electron chi connectivity index (χ2n) is 4.53. The summed E-state index contributed by atoms with van der Waals surface area (Å²) in [6.45, 7) is 2.68. The highest BCUT2D eigenvalue weighted by molar-refractivity contribution is 7.12. The van der Waals surface area contributed by atoms with Gasteiger partial charge in [0.15, 0.2) is 0 Å². The smallest absolute Gasteiger partial charge is 0.346 e. The summed E-state index contributed by atoms with van der Waals surface area (Å²) in [5.74, 6) is -0.849. The maximum absolute atomic E-state index is 11.1. The molecule has 0 radical (unpaired) electrons. The van der Waals surface area contributed by atoms with Crippen LogP contribution in [-0.4, -0.2) is 15.6 Å². The molecular weight excluding hydrogens is 258 g/mol. The average molecular weight is 271 g/mol. The van der Waals surface area contributed by atoms with Crippen LogP contribution in [-0.2, 0) is 6.54 Å². The lowest BCUT2D eigenvalue weighted by molar-refractivity contribution is 0.0701. The fourth-order valence-electron chi connectivity index (χ4n) is 2.35. The van der Waals surface area contributed by atoms with Crippen LogP contribution in [0.1, 0.15) is 20.8 Å². The Kier molecular flexibility index (Phi) is 2.87. The first-order valence-electron chi connectivity index (χ1n) is 6.01. The molecule has 0 spiro atoms. The molecule has 0 bridgehead atoms. The minimum Gasteiger partial charge on any atom is -0.477 e. The van der Waals surface area contributed by atoms with E-state index in [1.54, 1.807) is 0 Å². The number of carboxylic acid groups (broad SMARTS) is 1. The van der Waals surface area contributed by atoms with Gasteiger partial charge in [-0.15, -0.1) is 11.3 Å². The van der Waals surface area contributed by atoms with E-state index in [-0.39, 0.29) is 0 Å². The molecule has 0 unspecified atom stereocenters. The van der Waals surface area contributed by atoms with Gasteiger partial charge in [-0.05, 0) is 41.6 Å². The van der Waals surface area contributed by atoms with Crippen molar-refractivity contribution in [1.29, 1.82) is 0 Å². The molecule has 2 heterocycles. The number of nitrogens with zero attached hydrogens (tertiary/aromatic N) is 1. The average Bonchev–Trinajstić information content (AvgIpc) is 2.98. The Hall–Kier alpha value is -2.07. The molecule has 0 atom stereocenters. The number of benzene rings is 1. The lowest BCUT2D eigenvalue weighted by Gasteiger charge is -2.06. The molecule has 3 rings (SSSR count). The van der Waals surface area contributed by atoms with E-state index >= 15 is 0 Å². The van der Waals surface area contributed by atoms with E-state index in [0.717, 1.165) is 11.1 Å². The summed E-state index contributed by atoms with van der Waals surface area (Å²) < 4.78 is 2.09. The predicted molar refractivity (Wildman–Crippen MR) is 77.1 cm³/mol. The van der Waals surface area contributed by atoms with Crippen molar-refractivity contribution in [3.05, 3.63) is 57.9 Å². The van der Waals surface area contributed by atoms with Gasteiger partial charge in [-0.25, -0.2) is 4.79 Å². The Morgan fingerprint density at radius 2 is 2.16 bits per heavy atom. The topological polar surface area (TPSA) is 42.2 Å². The molecule has 0 fully saturated rings. The molecule has 0 aliphatic heterocycles. The van der Waals surface area contributed by atoms with Crippen LogP contribution in [0.25, 0.3) is 10.9 Å². The fraction of sp³-hybridized carbons (Fsp3) is 0.133. The third kappa shape index (κ3) is 2.04. The first-order valence-corrected chi connectivity index (χ1v) is 6.89. The molecule has 0 saturated heterocycles. The third-order valence-corrected chi connectivity index (χ3v) is 4.26. The zero-order valence-electron chi connectivity index (χ0n) is 10.5. The van der Waals surface area contributed by atoms with Crippen molar-refractivity contribution in [2.24, 2.45) is 0 Å². The van der Waals surface area contributed by atoms with Crippen LogP contribution in [0.2, 0.25) is 0 Å². The van der Waals surface area contributed by atoms with E-state index in [9.17, 15) is 4.79 Å². The molecule has 96 valence electrons. The van der Waals surface area contributed by atoms with E-state index in [4.69, 9.17) is 5.11 Å². The third-order valence-electron chi connectivity index (χ3n) is 3.31. The van der Waals surface area contributed by atoms with Crippen molar-refractivity contribution in [2.75, 3.05) is 0 Å². The molecule has 4 heteroatoms. The van der Waals surface area contributed by atoms with Crippen molar-refractivity contribution < 1.29 is 9.90 Å². The monoisotopic (exact) mass is 271 g/mol. The summed E-state index contributed by atoms with van der Waals surface area (Å²) in [6, 6.07) is 10.1. The van der Waals surface area contributed by atoms with E-state index < -0.39 is 5.97 Å². The van der Waals surface area contributed by atoms with Gasteiger partial charge in [0.1, 0.15) is 4.88 Å². The summed E-state index contributed by atoms with van der Waals surface area (Å²) in [5, 5.41) is 12.2. The lowest BCUT2D eigenvalue weighted by atomic mass is 10.1. The highest BCUT2D eigenvalue weighted by Crippen LogP contribution is 2.23. The van der Waals surface area contributed by atoms with Crippen molar-refractivity contribution >= 4 is 28.2 Å². The fourth-order valence-corrected chi connectivity index (χ4v) is 3.10. The van der Waals surface area contributed by atoms with Gasteiger partial charge in [0.05, 0.1) is 0 Å². The minimum atomic E-state index is -0.849. The number of thiophene rings is 1. The first-order chi connectivity index (χ1) is 9.16. The van der Waals surface area contributed by atoms with Crippen LogP contribution < -0.4 is 0 Å². The van der Waals surface area contributed by atoms with Gasteiger partial charge >= 0.3 is 5.97 Å². The Morgan fingerprint density at radius 3 is 2.95 bits per heavy atom. The maximum Gasteiger partial charge on any atom is 0.346 e. The maximum atomic E-state index is 11.1. The van der Waals surface area contributed by atoms with Crippen molar-refractivity contribution in [1.82, 2.24) is 4.57 Å². The molecule has 0 amide bonds. The quantitative estimate of drug-likeness (QED) is 0.788. The first kappa shape index (κ1) is 12.0. The number of aromatic nitrogens is 1. The molecule has 1 aromatic carbocycles. The van der Waals surface area contributed by atoms with Crippen LogP contribution in [0.15, 0.2) is 41.9 Å². The van der Waals surface area contributed by atoms with Gasteiger partial charge in [-0.3, -0.25) is 0 Å². The molecule has 3 aromatic rings. The van der Waals surface area contributed by atoms with Crippen LogP contribution in [0.4, 0.5) is 0 Å². The number of carboxylic acids is 1. The van der Waals surface area contributed by atoms with Crippen molar-refractivity contribution in [2.45, 2.75) is 13.5 Å². The van der Waals surface area contributed by atoms with Crippen LogP contribution in [0.5, 0.6) is 0 Å². The number of rotatable bonds is 3. The molecule has 0 saturated carbocycles. The molecule has 2 aromatic heterocycles. The van der Waals surface area contributed by atoms with Crippen LogP contribution >= 0.6 is 11.3 Å². The summed E-state index contributed by atoms with van der Waals surface area (Å²) in [7, 11) is 0. The Labute approximate surface area is 114 Å². The highest BCUT2D eigenvalue weighted by Gasteiger charge is 2.12.